The first kappa shape index (κ1) is 37.2. The third-order valence-electron chi connectivity index (χ3n) is 8.79. The first-order chi connectivity index (χ1) is 21.5. The van der Waals surface area contributed by atoms with Crippen LogP contribution in [0.3, 0.4) is 0 Å². The molecule has 4 nitrogen and oxygen atoms in total. The van der Waals surface area contributed by atoms with Crippen LogP contribution in [0.15, 0.2) is 47.6 Å². The van der Waals surface area contributed by atoms with Crippen molar-refractivity contribution in [2.24, 2.45) is 0 Å². The summed E-state index contributed by atoms with van der Waals surface area (Å²) in [6.07, 6.45) is 22.2. The van der Waals surface area contributed by atoms with Gasteiger partial charge in [-0.05, 0) is 41.5 Å². The van der Waals surface area contributed by atoms with Gasteiger partial charge >= 0.3 is 0 Å². The number of phenols is 1. The van der Waals surface area contributed by atoms with Crippen molar-refractivity contribution in [1.82, 2.24) is 14.8 Å². The van der Waals surface area contributed by atoms with Crippen molar-refractivity contribution < 1.29 is 5.11 Å². The fraction of sp³-hybridized carbons (Fsp3) is 0.650. The maximum absolute atomic E-state index is 11.2. The van der Waals surface area contributed by atoms with Crippen LogP contribution in [-0.4, -0.2) is 25.6 Å². The predicted molar refractivity (Wildman–Crippen MR) is 196 cm³/mol. The molecule has 5 heteroatoms. The van der Waals surface area contributed by atoms with E-state index in [1.165, 1.54) is 103 Å². The highest BCUT2D eigenvalue weighted by molar-refractivity contribution is 7.99. The van der Waals surface area contributed by atoms with Crippen molar-refractivity contribution in [1.29, 1.82) is 0 Å². The number of rotatable bonds is 20. The van der Waals surface area contributed by atoms with E-state index in [-0.39, 0.29) is 10.8 Å². The molecule has 0 aliphatic heterocycles. The van der Waals surface area contributed by atoms with E-state index in [9.17, 15) is 5.11 Å². The number of hydrogen-bond acceptors (Lipinski definition) is 4. The van der Waals surface area contributed by atoms with Crippen LogP contribution >= 0.6 is 11.8 Å². The molecule has 0 radical (unpaired) electrons. The second-order valence-electron chi connectivity index (χ2n) is 15.0. The monoisotopic (exact) mass is 633 g/mol. The summed E-state index contributed by atoms with van der Waals surface area (Å²) >= 11 is 1.81. The second-order valence-corrected chi connectivity index (χ2v) is 16.1. The lowest BCUT2D eigenvalue weighted by atomic mass is 9.78. The van der Waals surface area contributed by atoms with Crippen LogP contribution < -0.4 is 0 Å². The number of para-hydroxylation sites is 1. The Hall–Kier alpha value is -2.27. The summed E-state index contributed by atoms with van der Waals surface area (Å²) in [5.74, 6) is 2.14. The molecule has 0 atom stereocenters. The van der Waals surface area contributed by atoms with Crippen LogP contribution in [-0.2, 0) is 10.8 Å². The minimum atomic E-state index is -0.201. The number of benzene rings is 2. The molecule has 0 saturated carbocycles. The molecule has 3 aromatic rings. The Morgan fingerprint density at radius 1 is 0.644 bits per heavy atom. The minimum Gasteiger partial charge on any atom is -0.507 e. The molecule has 0 saturated heterocycles. The Bertz CT molecular complexity index is 1220. The molecule has 0 spiro atoms. The lowest BCUT2D eigenvalue weighted by Gasteiger charge is -2.27. The third kappa shape index (κ3) is 12.5. The van der Waals surface area contributed by atoms with Gasteiger partial charge in [0.05, 0.1) is 5.69 Å². The van der Waals surface area contributed by atoms with Gasteiger partial charge in [0.2, 0.25) is 0 Å². The summed E-state index contributed by atoms with van der Waals surface area (Å²) in [6, 6.07) is 14.5. The lowest BCUT2D eigenvalue weighted by molar-refractivity contribution is 0.423. The zero-order chi connectivity index (χ0) is 32.7. The van der Waals surface area contributed by atoms with Gasteiger partial charge in [0.15, 0.2) is 11.0 Å². The van der Waals surface area contributed by atoms with Gasteiger partial charge in [-0.25, -0.2) is 9.67 Å². The lowest BCUT2D eigenvalue weighted by Crippen LogP contribution is -2.17. The molecular formula is C40H63N3OS. The number of aromatic hydroxyl groups is 1. The molecule has 0 aliphatic carbocycles. The number of phenolic OH excluding ortho intramolecular Hbond substituents is 1. The Morgan fingerprint density at radius 3 is 1.53 bits per heavy atom. The molecule has 0 amide bonds. The predicted octanol–water partition coefficient (Wildman–Crippen LogP) is 12.6. The average Bonchev–Trinajstić information content (AvgIpc) is 3.42. The highest BCUT2D eigenvalue weighted by atomic mass is 32.2. The molecule has 45 heavy (non-hydrogen) atoms. The van der Waals surface area contributed by atoms with Crippen molar-refractivity contribution in [3.05, 3.63) is 53.6 Å². The topological polar surface area (TPSA) is 50.9 Å². The van der Waals surface area contributed by atoms with Crippen LogP contribution in [0.1, 0.15) is 162 Å². The van der Waals surface area contributed by atoms with E-state index in [0.29, 0.717) is 11.6 Å². The van der Waals surface area contributed by atoms with Gasteiger partial charge < -0.3 is 5.11 Å². The quantitative estimate of drug-likeness (QED) is 0.0993. The molecule has 1 aromatic heterocycles. The van der Waals surface area contributed by atoms with E-state index in [2.05, 4.69) is 84.9 Å². The van der Waals surface area contributed by atoms with Gasteiger partial charge in [0, 0.05) is 22.4 Å². The van der Waals surface area contributed by atoms with Crippen molar-refractivity contribution in [2.45, 2.75) is 167 Å². The highest BCUT2D eigenvalue weighted by Gasteiger charge is 2.28. The molecule has 3 rings (SSSR count). The van der Waals surface area contributed by atoms with E-state index in [4.69, 9.17) is 10.1 Å². The van der Waals surface area contributed by atoms with Crippen molar-refractivity contribution in [3.63, 3.8) is 0 Å². The van der Waals surface area contributed by atoms with E-state index < -0.39 is 0 Å². The summed E-state index contributed by atoms with van der Waals surface area (Å²) in [7, 11) is 0. The van der Waals surface area contributed by atoms with Crippen molar-refractivity contribution in [3.8, 4) is 22.8 Å². The van der Waals surface area contributed by atoms with Gasteiger partial charge in [0.1, 0.15) is 5.75 Å². The van der Waals surface area contributed by atoms with Crippen LogP contribution in [0.2, 0.25) is 0 Å². The number of unbranched alkanes of at least 4 members (excludes halogenated alkanes) is 15. The molecular weight excluding hydrogens is 571 g/mol. The fourth-order valence-corrected chi connectivity index (χ4v) is 6.92. The third-order valence-corrected chi connectivity index (χ3v) is 9.81. The summed E-state index contributed by atoms with van der Waals surface area (Å²) in [6.45, 7) is 15.2. The fourth-order valence-electron chi connectivity index (χ4n) is 5.97. The van der Waals surface area contributed by atoms with Crippen LogP contribution in [0, 0.1) is 0 Å². The standard InChI is InChI=1S/C40H63N3OS/c1-8-9-10-11-12-13-14-15-16-17-18-19-20-21-22-26-29-45-38-41-37(42-43(38)33-27-24-23-25-28-33)32-30-34(39(2,3)4)36(44)35(31-32)40(5,6)7/h23-25,27-28,30-31,44H,8-22,26,29H2,1-7H3. The van der Waals surface area contributed by atoms with Gasteiger partial charge in [-0.3, -0.25) is 0 Å². The molecule has 0 aliphatic rings. The van der Waals surface area contributed by atoms with E-state index in [1.54, 1.807) is 11.8 Å². The van der Waals surface area contributed by atoms with Gasteiger partial charge in [0.25, 0.3) is 0 Å². The van der Waals surface area contributed by atoms with Crippen LogP contribution in [0.25, 0.3) is 17.1 Å². The molecule has 0 bridgehead atoms. The summed E-state index contributed by atoms with van der Waals surface area (Å²) in [4.78, 5) is 5.08. The second kappa shape index (κ2) is 18.8. The van der Waals surface area contributed by atoms with Crippen molar-refractivity contribution >= 4 is 11.8 Å². The molecule has 0 unspecified atom stereocenters. The van der Waals surface area contributed by atoms with Gasteiger partial charge in [-0.1, -0.05) is 175 Å². The van der Waals surface area contributed by atoms with Crippen LogP contribution in [0.5, 0.6) is 5.75 Å². The Labute approximate surface area is 280 Å². The minimum absolute atomic E-state index is 0.201. The highest BCUT2D eigenvalue weighted by Crippen LogP contribution is 2.42. The Balaban J connectivity index is 1.51. The smallest absolute Gasteiger partial charge is 0.191 e. The number of nitrogens with zero attached hydrogens (tertiary/aromatic N) is 3. The van der Waals surface area contributed by atoms with Crippen molar-refractivity contribution in [2.75, 3.05) is 5.75 Å². The number of aromatic nitrogens is 3. The first-order valence-electron chi connectivity index (χ1n) is 18.1. The zero-order valence-corrected chi connectivity index (χ0v) is 30.6. The molecule has 1 N–H and O–H groups in total. The molecule has 1 heterocycles. The maximum Gasteiger partial charge on any atom is 0.191 e. The summed E-state index contributed by atoms with van der Waals surface area (Å²) in [5.41, 5.74) is 3.45. The largest absolute Gasteiger partial charge is 0.507 e. The number of hydrogen-bond donors (Lipinski definition) is 1. The normalized spacial score (nSPS) is 12.2. The molecule has 2 aromatic carbocycles. The van der Waals surface area contributed by atoms with Gasteiger partial charge in [-0.15, -0.1) is 5.10 Å². The molecule has 0 fully saturated rings. The van der Waals surface area contributed by atoms with Crippen LogP contribution in [0.4, 0.5) is 0 Å². The summed E-state index contributed by atoms with van der Waals surface area (Å²) < 4.78 is 1.99. The zero-order valence-electron chi connectivity index (χ0n) is 29.8. The Morgan fingerprint density at radius 2 is 1.09 bits per heavy atom. The van der Waals surface area contributed by atoms with E-state index >= 15 is 0 Å². The average molecular weight is 634 g/mol. The van der Waals surface area contributed by atoms with Gasteiger partial charge in [-0.2, -0.15) is 0 Å². The first-order valence-corrected chi connectivity index (χ1v) is 19.0. The number of thioether (sulfide) groups is 1. The maximum atomic E-state index is 11.2. The SMILES string of the molecule is CCCCCCCCCCCCCCCCCCSc1nc(-c2cc(C(C)(C)C)c(O)c(C(C)(C)C)c2)nn1-c1ccccc1. The van der Waals surface area contributed by atoms with E-state index in [0.717, 1.165) is 33.3 Å². The van der Waals surface area contributed by atoms with E-state index in [1.807, 2.05) is 10.7 Å². The Kier molecular flexibility index (Phi) is 15.5. The molecule has 250 valence electrons. The summed E-state index contributed by atoms with van der Waals surface area (Å²) in [5, 5.41) is 17.2.